The van der Waals surface area contributed by atoms with Gasteiger partial charge in [-0.2, -0.15) is 0 Å². The molecule has 0 atom stereocenters. The van der Waals surface area contributed by atoms with E-state index in [0.29, 0.717) is 11.1 Å². The van der Waals surface area contributed by atoms with Gasteiger partial charge in [0.1, 0.15) is 13.2 Å². The van der Waals surface area contributed by atoms with Crippen molar-refractivity contribution in [3.8, 4) is 0 Å². The van der Waals surface area contributed by atoms with Gasteiger partial charge in [-0.05, 0) is 36.1 Å². The number of hydrogen-bond donors (Lipinski definition) is 0. The second-order valence-electron chi connectivity index (χ2n) is 7.73. The lowest BCUT2D eigenvalue weighted by molar-refractivity contribution is -0.141. The van der Waals surface area contributed by atoms with Crippen molar-refractivity contribution in [3.05, 3.63) is 95.1 Å². The van der Waals surface area contributed by atoms with Crippen molar-refractivity contribution in [3.63, 3.8) is 0 Å². The van der Waals surface area contributed by atoms with E-state index in [0.717, 1.165) is 22.3 Å². The second kappa shape index (κ2) is 9.37. The van der Waals surface area contributed by atoms with Crippen LogP contribution in [0.1, 0.15) is 49.9 Å². The van der Waals surface area contributed by atoms with Gasteiger partial charge in [-0.15, -0.1) is 0 Å². The molecule has 0 aliphatic carbocycles. The van der Waals surface area contributed by atoms with E-state index in [1.807, 2.05) is 48.5 Å². The zero-order chi connectivity index (χ0) is 21.6. The molecule has 0 aromatic heterocycles. The molecule has 0 N–H and O–H groups in total. The molecule has 0 heterocycles. The summed E-state index contributed by atoms with van der Waals surface area (Å²) in [5, 5.41) is 0. The van der Waals surface area contributed by atoms with Gasteiger partial charge in [0.05, 0.1) is 0 Å². The quantitative estimate of drug-likeness (QED) is 0.455. The standard InChI is InChI=1S/C25H28O4/c1-17(2)23(26)28-15-19-7-11-21(12-8-19)25(5,6)22-13-9-20(10-14-22)16-29-24(27)18(3)4/h7-14H,1,3,15-16H2,2,4-6H3. The van der Waals surface area contributed by atoms with Crippen molar-refractivity contribution >= 4 is 11.9 Å². The molecule has 0 fully saturated rings. The molecule has 4 nitrogen and oxygen atoms in total. The van der Waals surface area contributed by atoms with Crippen LogP contribution in [0.5, 0.6) is 0 Å². The number of esters is 2. The monoisotopic (exact) mass is 392 g/mol. The first-order valence-corrected chi connectivity index (χ1v) is 9.45. The maximum absolute atomic E-state index is 11.5. The highest BCUT2D eigenvalue weighted by molar-refractivity contribution is 5.87. The summed E-state index contributed by atoms with van der Waals surface area (Å²) in [5.41, 5.74) is 4.71. The van der Waals surface area contributed by atoms with E-state index in [2.05, 4.69) is 27.0 Å². The SMILES string of the molecule is C=C(C)C(=O)OCc1ccc(C(C)(C)c2ccc(COC(=O)C(=C)C)cc2)cc1. The minimum Gasteiger partial charge on any atom is -0.457 e. The summed E-state index contributed by atoms with van der Waals surface area (Å²) in [4.78, 5) is 23.0. The molecule has 0 saturated carbocycles. The maximum Gasteiger partial charge on any atom is 0.333 e. The summed E-state index contributed by atoms with van der Waals surface area (Å²) in [5.74, 6) is -0.771. The maximum atomic E-state index is 11.5. The van der Waals surface area contributed by atoms with Gasteiger partial charge in [0, 0.05) is 16.6 Å². The van der Waals surface area contributed by atoms with Gasteiger partial charge in [0.2, 0.25) is 0 Å². The third kappa shape index (κ3) is 5.92. The summed E-state index contributed by atoms with van der Waals surface area (Å²) in [6.07, 6.45) is 0. The molecular formula is C25H28O4. The first-order valence-electron chi connectivity index (χ1n) is 9.45. The molecule has 0 radical (unpaired) electrons. The fourth-order valence-electron chi connectivity index (χ4n) is 2.75. The second-order valence-corrected chi connectivity index (χ2v) is 7.73. The van der Waals surface area contributed by atoms with Gasteiger partial charge < -0.3 is 9.47 Å². The fraction of sp³-hybridized carbons (Fsp3) is 0.280. The van der Waals surface area contributed by atoms with Crippen molar-refractivity contribution in [1.82, 2.24) is 0 Å². The van der Waals surface area contributed by atoms with E-state index < -0.39 is 0 Å². The van der Waals surface area contributed by atoms with Gasteiger partial charge in [-0.3, -0.25) is 0 Å². The molecule has 0 amide bonds. The average Bonchev–Trinajstić information content (AvgIpc) is 2.70. The summed E-state index contributed by atoms with van der Waals surface area (Å²) in [6.45, 7) is 15.2. The Hall–Kier alpha value is -3.14. The Morgan fingerprint density at radius 1 is 0.724 bits per heavy atom. The fourth-order valence-corrected chi connectivity index (χ4v) is 2.75. The van der Waals surface area contributed by atoms with Crippen LogP contribution in [0, 0.1) is 0 Å². The minimum atomic E-state index is -0.386. The van der Waals surface area contributed by atoms with E-state index >= 15 is 0 Å². The lowest BCUT2D eigenvalue weighted by Crippen LogP contribution is -2.19. The lowest BCUT2D eigenvalue weighted by atomic mass is 9.78. The smallest absolute Gasteiger partial charge is 0.333 e. The molecule has 29 heavy (non-hydrogen) atoms. The van der Waals surface area contributed by atoms with Gasteiger partial charge in [-0.1, -0.05) is 75.5 Å². The van der Waals surface area contributed by atoms with Gasteiger partial charge in [-0.25, -0.2) is 9.59 Å². The molecule has 152 valence electrons. The number of carbonyl (C=O) groups is 2. The molecule has 2 rings (SSSR count). The largest absolute Gasteiger partial charge is 0.457 e. The van der Waals surface area contributed by atoms with E-state index in [4.69, 9.17) is 9.47 Å². The molecule has 4 heteroatoms. The van der Waals surface area contributed by atoms with Crippen LogP contribution in [-0.2, 0) is 37.7 Å². The van der Waals surface area contributed by atoms with Crippen LogP contribution in [-0.4, -0.2) is 11.9 Å². The van der Waals surface area contributed by atoms with Crippen molar-refractivity contribution < 1.29 is 19.1 Å². The minimum absolute atomic E-state index is 0.209. The van der Waals surface area contributed by atoms with Crippen LogP contribution >= 0.6 is 0 Å². The molecule has 0 saturated heterocycles. The first kappa shape index (κ1) is 22.2. The highest BCUT2D eigenvalue weighted by atomic mass is 16.5. The summed E-state index contributed by atoms with van der Waals surface area (Å²) < 4.78 is 10.4. The van der Waals surface area contributed by atoms with Crippen molar-refractivity contribution in [2.24, 2.45) is 0 Å². The average molecular weight is 392 g/mol. The molecule has 0 aliphatic rings. The van der Waals surface area contributed by atoms with Crippen molar-refractivity contribution in [2.45, 2.75) is 46.3 Å². The third-order valence-corrected chi connectivity index (χ3v) is 4.79. The Kier molecular flexibility index (Phi) is 7.16. The topological polar surface area (TPSA) is 52.6 Å². The summed E-state index contributed by atoms with van der Waals surface area (Å²) in [7, 11) is 0. The Balaban J connectivity index is 2.05. The van der Waals surface area contributed by atoms with E-state index in [9.17, 15) is 9.59 Å². The van der Waals surface area contributed by atoms with Crippen LogP contribution in [0.25, 0.3) is 0 Å². The van der Waals surface area contributed by atoms with E-state index in [1.165, 1.54) is 0 Å². The van der Waals surface area contributed by atoms with Crippen LogP contribution in [0.15, 0.2) is 72.8 Å². The number of hydrogen-bond acceptors (Lipinski definition) is 4. The predicted molar refractivity (Wildman–Crippen MR) is 114 cm³/mol. The number of rotatable bonds is 8. The molecule has 0 spiro atoms. The summed E-state index contributed by atoms with van der Waals surface area (Å²) >= 11 is 0. The summed E-state index contributed by atoms with van der Waals surface area (Å²) in [6, 6.07) is 16.1. The molecule has 2 aromatic carbocycles. The van der Waals surface area contributed by atoms with Crippen LogP contribution < -0.4 is 0 Å². The Morgan fingerprint density at radius 3 is 1.31 bits per heavy atom. The first-order chi connectivity index (χ1) is 13.6. The van der Waals surface area contributed by atoms with Gasteiger partial charge >= 0.3 is 11.9 Å². The molecule has 0 bridgehead atoms. The van der Waals surface area contributed by atoms with E-state index in [-0.39, 0.29) is 30.6 Å². The van der Waals surface area contributed by atoms with Crippen molar-refractivity contribution in [2.75, 3.05) is 0 Å². The molecule has 2 aromatic rings. The third-order valence-electron chi connectivity index (χ3n) is 4.79. The van der Waals surface area contributed by atoms with Gasteiger partial charge in [0.25, 0.3) is 0 Å². The number of carbonyl (C=O) groups excluding carboxylic acids is 2. The Morgan fingerprint density at radius 2 is 1.03 bits per heavy atom. The van der Waals surface area contributed by atoms with Crippen LogP contribution in [0.2, 0.25) is 0 Å². The van der Waals surface area contributed by atoms with Crippen molar-refractivity contribution in [1.29, 1.82) is 0 Å². The zero-order valence-electron chi connectivity index (χ0n) is 17.6. The number of ether oxygens (including phenoxy) is 2. The molecular weight excluding hydrogens is 364 g/mol. The van der Waals surface area contributed by atoms with Gasteiger partial charge in [0.15, 0.2) is 0 Å². The Bertz CT molecular complexity index is 827. The van der Waals surface area contributed by atoms with Crippen LogP contribution in [0.3, 0.4) is 0 Å². The van der Waals surface area contributed by atoms with E-state index in [1.54, 1.807) is 13.8 Å². The Labute approximate surface area is 172 Å². The normalized spacial score (nSPS) is 10.9. The molecule has 0 unspecified atom stereocenters. The van der Waals surface area contributed by atoms with Crippen LogP contribution in [0.4, 0.5) is 0 Å². The molecule has 0 aliphatic heterocycles. The number of benzene rings is 2. The zero-order valence-corrected chi connectivity index (χ0v) is 17.6. The highest BCUT2D eigenvalue weighted by Gasteiger charge is 2.23. The highest BCUT2D eigenvalue weighted by Crippen LogP contribution is 2.32. The predicted octanol–water partition coefficient (Wildman–Crippen LogP) is 5.25. The lowest BCUT2D eigenvalue weighted by Gasteiger charge is -2.26.